The Balaban J connectivity index is 2.05. The first kappa shape index (κ1) is 14.2. The molecule has 0 aliphatic carbocycles. The lowest BCUT2D eigenvalue weighted by molar-refractivity contribution is 0.0468. The molecule has 2 aromatic heterocycles. The first-order valence-electron chi connectivity index (χ1n) is 5.87. The Morgan fingerprint density at radius 1 is 1.35 bits per heavy atom. The fourth-order valence-corrected chi connectivity index (χ4v) is 2.20. The summed E-state index contributed by atoms with van der Waals surface area (Å²) in [6.45, 7) is 1.89. The number of aryl methyl sites for hydroxylation is 1. The van der Waals surface area contributed by atoms with Gasteiger partial charge in [-0.25, -0.2) is 4.79 Å². The van der Waals surface area contributed by atoms with Crippen molar-refractivity contribution >= 4 is 29.2 Å². The number of esters is 1. The minimum absolute atomic E-state index is 0.0384. The van der Waals surface area contributed by atoms with E-state index in [4.69, 9.17) is 10.5 Å². The number of hydrogen-bond donors (Lipinski definition) is 1. The molecule has 0 radical (unpaired) electrons. The van der Waals surface area contributed by atoms with Crippen LogP contribution in [0.1, 0.15) is 20.4 Å². The van der Waals surface area contributed by atoms with Crippen LogP contribution >= 0.6 is 11.3 Å². The lowest BCUT2D eigenvalue weighted by Crippen LogP contribution is -2.17. The highest BCUT2D eigenvalue weighted by Gasteiger charge is 2.12. The van der Waals surface area contributed by atoms with Gasteiger partial charge in [0.25, 0.3) is 0 Å². The molecule has 2 N–H and O–H groups in total. The van der Waals surface area contributed by atoms with Gasteiger partial charge in [0.15, 0.2) is 12.4 Å². The molecule has 0 aromatic carbocycles. The van der Waals surface area contributed by atoms with Gasteiger partial charge in [0, 0.05) is 19.0 Å². The van der Waals surface area contributed by atoms with E-state index < -0.39 is 5.97 Å². The van der Waals surface area contributed by atoms with Crippen molar-refractivity contribution in [2.45, 2.75) is 13.5 Å². The van der Waals surface area contributed by atoms with Crippen LogP contribution < -0.4 is 10.6 Å². The van der Waals surface area contributed by atoms with E-state index in [0.717, 1.165) is 4.88 Å². The minimum atomic E-state index is -0.395. The Morgan fingerprint density at radius 3 is 2.70 bits per heavy atom. The highest BCUT2D eigenvalue weighted by molar-refractivity contribution is 7.13. The fourth-order valence-electron chi connectivity index (χ4n) is 1.44. The van der Waals surface area contributed by atoms with Crippen LogP contribution in [0.25, 0.3) is 0 Å². The Morgan fingerprint density at radius 2 is 2.10 bits per heavy atom. The number of carbonyl (C=O) groups is 1. The number of thiophene rings is 1. The van der Waals surface area contributed by atoms with Crippen molar-refractivity contribution in [3.8, 4) is 0 Å². The summed E-state index contributed by atoms with van der Waals surface area (Å²) in [6.07, 6.45) is 0. The maximum Gasteiger partial charge on any atom is 0.348 e. The van der Waals surface area contributed by atoms with Crippen molar-refractivity contribution in [1.82, 2.24) is 15.0 Å². The van der Waals surface area contributed by atoms with E-state index in [9.17, 15) is 4.79 Å². The highest BCUT2D eigenvalue weighted by atomic mass is 32.1. The quantitative estimate of drug-likeness (QED) is 0.847. The van der Waals surface area contributed by atoms with Gasteiger partial charge in [-0.15, -0.1) is 11.3 Å². The second-order valence-electron chi connectivity index (χ2n) is 4.29. The fraction of sp³-hybridized carbons (Fsp3) is 0.333. The van der Waals surface area contributed by atoms with Crippen molar-refractivity contribution < 1.29 is 9.53 Å². The van der Waals surface area contributed by atoms with E-state index in [-0.39, 0.29) is 12.6 Å². The lowest BCUT2D eigenvalue weighted by atomic mass is 10.4. The summed E-state index contributed by atoms with van der Waals surface area (Å²) in [5.74, 6) is 0.452. The molecule has 0 fully saturated rings. The molecule has 0 aliphatic heterocycles. The molecule has 2 heterocycles. The molecule has 7 nitrogen and oxygen atoms in total. The molecule has 0 amide bonds. The molecule has 0 unspecified atom stereocenters. The summed E-state index contributed by atoms with van der Waals surface area (Å²) in [5.41, 5.74) is 5.59. The van der Waals surface area contributed by atoms with Crippen molar-refractivity contribution in [2.24, 2.45) is 0 Å². The molecule has 8 heteroatoms. The minimum Gasteiger partial charge on any atom is -0.453 e. The van der Waals surface area contributed by atoms with E-state index in [1.165, 1.54) is 11.3 Å². The maximum absolute atomic E-state index is 11.8. The zero-order valence-electron chi connectivity index (χ0n) is 11.5. The van der Waals surface area contributed by atoms with Crippen LogP contribution in [0.3, 0.4) is 0 Å². The molecular formula is C12H15N5O2S. The summed E-state index contributed by atoms with van der Waals surface area (Å²) in [6, 6.07) is 3.60. The van der Waals surface area contributed by atoms with Crippen LogP contribution in [0.2, 0.25) is 0 Å². The van der Waals surface area contributed by atoms with Crippen molar-refractivity contribution in [1.29, 1.82) is 0 Å². The number of hydrogen-bond acceptors (Lipinski definition) is 8. The molecule has 20 heavy (non-hydrogen) atoms. The van der Waals surface area contributed by atoms with Gasteiger partial charge in [0.2, 0.25) is 11.9 Å². The third-order valence-corrected chi connectivity index (χ3v) is 3.34. The Bertz CT molecular complexity index is 626. The number of rotatable bonds is 4. The summed E-state index contributed by atoms with van der Waals surface area (Å²) < 4.78 is 5.16. The van der Waals surface area contributed by atoms with Crippen LogP contribution in [0.4, 0.5) is 11.9 Å². The SMILES string of the molecule is Cc1ccc(C(=O)OCc2nc(N)nc(N(C)C)n2)s1. The van der Waals surface area contributed by atoms with Gasteiger partial charge in [-0.3, -0.25) is 0 Å². The number of nitrogen functional groups attached to an aromatic ring is 1. The first-order chi connectivity index (χ1) is 9.45. The molecular weight excluding hydrogens is 278 g/mol. The third kappa shape index (κ3) is 3.41. The van der Waals surface area contributed by atoms with E-state index in [1.54, 1.807) is 25.1 Å². The number of anilines is 2. The predicted molar refractivity (Wildman–Crippen MR) is 76.7 cm³/mol. The molecule has 2 aromatic rings. The summed E-state index contributed by atoms with van der Waals surface area (Å²) in [7, 11) is 3.58. The second-order valence-corrected chi connectivity index (χ2v) is 5.58. The Labute approximate surface area is 120 Å². The largest absolute Gasteiger partial charge is 0.453 e. The van der Waals surface area contributed by atoms with Crippen molar-refractivity contribution in [3.63, 3.8) is 0 Å². The van der Waals surface area contributed by atoms with Gasteiger partial charge in [0.1, 0.15) is 4.88 Å². The average molecular weight is 293 g/mol. The van der Waals surface area contributed by atoms with Crippen LogP contribution in [0, 0.1) is 6.92 Å². The zero-order valence-corrected chi connectivity index (χ0v) is 12.3. The first-order valence-corrected chi connectivity index (χ1v) is 6.68. The summed E-state index contributed by atoms with van der Waals surface area (Å²) in [4.78, 5) is 27.2. The van der Waals surface area contributed by atoms with Crippen LogP contribution in [-0.2, 0) is 11.3 Å². The van der Waals surface area contributed by atoms with E-state index in [2.05, 4.69) is 15.0 Å². The van der Waals surface area contributed by atoms with Gasteiger partial charge in [0.05, 0.1) is 0 Å². The molecule has 0 atom stereocenters. The molecule has 106 valence electrons. The lowest BCUT2D eigenvalue weighted by Gasteiger charge is -2.11. The monoisotopic (exact) mass is 293 g/mol. The Kier molecular flexibility index (Phi) is 4.14. The number of nitrogens with two attached hydrogens (primary N) is 1. The predicted octanol–water partition coefficient (Wildman–Crippen LogP) is 1.25. The molecule has 0 saturated carbocycles. The number of nitrogens with zero attached hydrogens (tertiary/aromatic N) is 4. The summed E-state index contributed by atoms with van der Waals surface area (Å²) >= 11 is 1.38. The third-order valence-electron chi connectivity index (χ3n) is 2.36. The van der Waals surface area contributed by atoms with E-state index in [0.29, 0.717) is 16.6 Å². The van der Waals surface area contributed by atoms with Crippen LogP contribution in [-0.4, -0.2) is 35.0 Å². The molecule has 0 bridgehead atoms. The van der Waals surface area contributed by atoms with E-state index in [1.807, 2.05) is 13.0 Å². The molecule has 0 saturated heterocycles. The van der Waals surface area contributed by atoms with Crippen molar-refractivity contribution in [3.05, 3.63) is 27.7 Å². The maximum atomic E-state index is 11.8. The molecule has 0 aliphatic rings. The van der Waals surface area contributed by atoms with Gasteiger partial charge in [-0.05, 0) is 19.1 Å². The van der Waals surface area contributed by atoms with Gasteiger partial charge >= 0.3 is 5.97 Å². The normalized spacial score (nSPS) is 10.3. The van der Waals surface area contributed by atoms with Crippen LogP contribution in [0.15, 0.2) is 12.1 Å². The number of carbonyl (C=O) groups excluding carboxylic acids is 1. The number of ether oxygens (including phenoxy) is 1. The zero-order chi connectivity index (χ0) is 14.7. The summed E-state index contributed by atoms with van der Waals surface area (Å²) in [5, 5.41) is 0. The van der Waals surface area contributed by atoms with Gasteiger partial charge in [-0.1, -0.05) is 0 Å². The highest BCUT2D eigenvalue weighted by Crippen LogP contribution is 2.16. The van der Waals surface area contributed by atoms with Crippen LogP contribution in [0.5, 0.6) is 0 Å². The number of aromatic nitrogens is 3. The van der Waals surface area contributed by atoms with Gasteiger partial charge in [-0.2, -0.15) is 15.0 Å². The van der Waals surface area contributed by atoms with Gasteiger partial charge < -0.3 is 15.4 Å². The molecule has 2 rings (SSSR count). The smallest absolute Gasteiger partial charge is 0.348 e. The molecule has 0 spiro atoms. The van der Waals surface area contributed by atoms with Crippen molar-refractivity contribution in [2.75, 3.05) is 24.7 Å². The Hall–Kier alpha value is -2.22. The topological polar surface area (TPSA) is 94.2 Å². The average Bonchev–Trinajstić information content (AvgIpc) is 2.82. The van der Waals surface area contributed by atoms with E-state index >= 15 is 0 Å². The standard InChI is InChI=1S/C12H15N5O2S/c1-7-4-5-8(20-7)10(18)19-6-9-14-11(13)16-12(15-9)17(2)3/h4-5H,6H2,1-3H3,(H2,13,14,15,16). The second kappa shape index (κ2) is 5.83.